The summed E-state index contributed by atoms with van der Waals surface area (Å²) in [5.74, 6) is 0. The van der Waals surface area contributed by atoms with Crippen LogP contribution in [0, 0.1) is 0 Å². The second-order valence-electron chi connectivity index (χ2n) is 4.24. The molecule has 0 atom stereocenters. The van der Waals surface area contributed by atoms with Crippen molar-refractivity contribution in [3.8, 4) is 0 Å². The van der Waals surface area contributed by atoms with E-state index >= 15 is 0 Å². The molecule has 0 amide bonds. The molecule has 1 aliphatic rings. The van der Waals surface area contributed by atoms with Crippen molar-refractivity contribution in [2.75, 3.05) is 18.0 Å². The first-order chi connectivity index (χ1) is 7.29. The highest BCUT2D eigenvalue weighted by molar-refractivity contribution is 5.49. The maximum atomic E-state index is 9.45. The molecule has 0 spiro atoms. The van der Waals surface area contributed by atoms with Gasteiger partial charge in [-0.05, 0) is 37.0 Å². The fraction of sp³-hybridized carbons (Fsp3) is 0.538. The van der Waals surface area contributed by atoms with Crippen molar-refractivity contribution in [2.24, 2.45) is 0 Å². The Morgan fingerprint density at radius 1 is 1.33 bits per heavy atom. The molecule has 2 heteroatoms. The average Bonchev–Trinajstić information content (AvgIpc) is 2.30. The van der Waals surface area contributed by atoms with Gasteiger partial charge in [-0.1, -0.05) is 19.1 Å². The fourth-order valence-electron chi connectivity index (χ4n) is 2.10. The third kappa shape index (κ3) is 2.51. The standard InChI is InChI=1S/C13H19NO/c1-2-11-4-3-5-12(10-11)14-8-6-13(15)7-9-14/h3-5,10,13,15H,2,6-9H2,1H3. The Morgan fingerprint density at radius 3 is 2.73 bits per heavy atom. The van der Waals surface area contributed by atoms with Crippen LogP contribution in [0.1, 0.15) is 25.3 Å². The van der Waals surface area contributed by atoms with E-state index in [1.54, 1.807) is 0 Å². The Labute approximate surface area is 91.5 Å². The third-order valence-electron chi connectivity index (χ3n) is 3.15. The Hall–Kier alpha value is -1.02. The van der Waals surface area contributed by atoms with E-state index in [-0.39, 0.29) is 6.10 Å². The minimum atomic E-state index is -0.0874. The van der Waals surface area contributed by atoms with Crippen molar-refractivity contribution in [1.82, 2.24) is 0 Å². The molecule has 0 saturated carbocycles. The molecular weight excluding hydrogens is 186 g/mol. The van der Waals surface area contributed by atoms with Crippen LogP contribution in [0.5, 0.6) is 0 Å². The van der Waals surface area contributed by atoms with Gasteiger partial charge in [0.25, 0.3) is 0 Å². The van der Waals surface area contributed by atoms with Gasteiger partial charge in [0.15, 0.2) is 0 Å². The topological polar surface area (TPSA) is 23.5 Å². The minimum Gasteiger partial charge on any atom is -0.393 e. The molecule has 15 heavy (non-hydrogen) atoms. The first-order valence-electron chi connectivity index (χ1n) is 5.81. The molecule has 1 heterocycles. The van der Waals surface area contributed by atoms with Crippen LogP contribution < -0.4 is 4.90 Å². The molecule has 1 aromatic rings. The molecule has 1 saturated heterocycles. The Bertz CT molecular complexity index is 316. The maximum Gasteiger partial charge on any atom is 0.0574 e. The molecule has 82 valence electrons. The molecule has 0 aliphatic carbocycles. The quantitative estimate of drug-likeness (QED) is 0.800. The lowest BCUT2D eigenvalue weighted by atomic mass is 10.1. The highest BCUT2D eigenvalue weighted by Crippen LogP contribution is 2.21. The van der Waals surface area contributed by atoms with Gasteiger partial charge in [0, 0.05) is 18.8 Å². The van der Waals surface area contributed by atoms with Crippen LogP contribution in [0.15, 0.2) is 24.3 Å². The van der Waals surface area contributed by atoms with E-state index in [9.17, 15) is 5.11 Å². The van der Waals surface area contributed by atoms with Gasteiger partial charge in [0.2, 0.25) is 0 Å². The number of rotatable bonds is 2. The number of aliphatic hydroxyl groups is 1. The molecule has 1 aliphatic heterocycles. The number of aryl methyl sites for hydroxylation is 1. The van der Waals surface area contributed by atoms with E-state index < -0.39 is 0 Å². The predicted molar refractivity (Wildman–Crippen MR) is 63.3 cm³/mol. The first kappa shape index (κ1) is 10.5. The summed E-state index contributed by atoms with van der Waals surface area (Å²) < 4.78 is 0. The second kappa shape index (κ2) is 4.67. The van der Waals surface area contributed by atoms with Gasteiger partial charge in [-0.2, -0.15) is 0 Å². The molecular formula is C13H19NO. The number of benzene rings is 1. The lowest BCUT2D eigenvalue weighted by molar-refractivity contribution is 0.145. The van der Waals surface area contributed by atoms with Crippen molar-refractivity contribution in [2.45, 2.75) is 32.3 Å². The molecule has 0 aromatic heterocycles. The summed E-state index contributed by atoms with van der Waals surface area (Å²) in [5.41, 5.74) is 2.69. The number of anilines is 1. The molecule has 1 N–H and O–H groups in total. The van der Waals surface area contributed by atoms with Gasteiger partial charge in [-0.15, -0.1) is 0 Å². The van der Waals surface area contributed by atoms with Crippen LogP contribution in [0.25, 0.3) is 0 Å². The number of aliphatic hydroxyl groups excluding tert-OH is 1. The van der Waals surface area contributed by atoms with Crippen molar-refractivity contribution in [3.63, 3.8) is 0 Å². The van der Waals surface area contributed by atoms with Gasteiger partial charge in [0.1, 0.15) is 0 Å². The van der Waals surface area contributed by atoms with E-state index in [1.807, 2.05) is 0 Å². The summed E-state index contributed by atoms with van der Waals surface area (Å²) in [6.45, 7) is 4.14. The van der Waals surface area contributed by atoms with E-state index in [4.69, 9.17) is 0 Å². The lowest BCUT2D eigenvalue weighted by Crippen LogP contribution is -2.35. The lowest BCUT2D eigenvalue weighted by Gasteiger charge is -2.31. The number of piperidine rings is 1. The average molecular weight is 205 g/mol. The van der Waals surface area contributed by atoms with E-state index in [1.165, 1.54) is 11.3 Å². The minimum absolute atomic E-state index is 0.0874. The number of nitrogens with zero attached hydrogens (tertiary/aromatic N) is 1. The summed E-state index contributed by atoms with van der Waals surface area (Å²) in [5, 5.41) is 9.45. The van der Waals surface area contributed by atoms with E-state index in [0.29, 0.717) is 0 Å². The highest BCUT2D eigenvalue weighted by Gasteiger charge is 2.16. The highest BCUT2D eigenvalue weighted by atomic mass is 16.3. The second-order valence-corrected chi connectivity index (χ2v) is 4.24. The predicted octanol–water partition coefficient (Wildman–Crippen LogP) is 2.21. The normalized spacial score (nSPS) is 18.1. The monoisotopic (exact) mass is 205 g/mol. The Balaban J connectivity index is 2.08. The molecule has 0 radical (unpaired) electrons. The molecule has 1 fully saturated rings. The maximum absolute atomic E-state index is 9.45. The van der Waals surface area contributed by atoms with Crippen molar-refractivity contribution in [1.29, 1.82) is 0 Å². The van der Waals surface area contributed by atoms with Crippen LogP contribution in [0.2, 0.25) is 0 Å². The van der Waals surface area contributed by atoms with E-state index in [0.717, 1.165) is 32.4 Å². The fourth-order valence-corrected chi connectivity index (χ4v) is 2.10. The van der Waals surface area contributed by atoms with Crippen LogP contribution >= 0.6 is 0 Å². The summed E-state index contributed by atoms with van der Waals surface area (Å²) in [6, 6.07) is 8.72. The SMILES string of the molecule is CCc1cccc(N2CCC(O)CC2)c1. The molecule has 1 aromatic carbocycles. The van der Waals surface area contributed by atoms with Crippen LogP contribution in [0.4, 0.5) is 5.69 Å². The van der Waals surface area contributed by atoms with Gasteiger partial charge < -0.3 is 10.0 Å². The van der Waals surface area contributed by atoms with Gasteiger partial charge in [0.05, 0.1) is 6.10 Å². The van der Waals surface area contributed by atoms with Crippen LogP contribution in [-0.4, -0.2) is 24.3 Å². The number of hydrogen-bond acceptors (Lipinski definition) is 2. The molecule has 2 nitrogen and oxygen atoms in total. The van der Waals surface area contributed by atoms with Crippen molar-refractivity contribution < 1.29 is 5.11 Å². The van der Waals surface area contributed by atoms with Gasteiger partial charge in [-0.3, -0.25) is 0 Å². The Morgan fingerprint density at radius 2 is 2.07 bits per heavy atom. The van der Waals surface area contributed by atoms with Crippen LogP contribution in [-0.2, 0) is 6.42 Å². The zero-order valence-electron chi connectivity index (χ0n) is 9.32. The first-order valence-corrected chi connectivity index (χ1v) is 5.81. The van der Waals surface area contributed by atoms with Crippen LogP contribution in [0.3, 0.4) is 0 Å². The van der Waals surface area contributed by atoms with E-state index in [2.05, 4.69) is 36.1 Å². The molecule has 2 rings (SSSR count). The summed E-state index contributed by atoms with van der Waals surface area (Å²) in [4.78, 5) is 2.37. The van der Waals surface area contributed by atoms with Gasteiger partial charge in [-0.25, -0.2) is 0 Å². The zero-order valence-corrected chi connectivity index (χ0v) is 9.32. The summed E-state index contributed by atoms with van der Waals surface area (Å²) >= 11 is 0. The third-order valence-corrected chi connectivity index (χ3v) is 3.15. The van der Waals surface area contributed by atoms with Gasteiger partial charge >= 0.3 is 0 Å². The largest absolute Gasteiger partial charge is 0.393 e. The number of hydrogen-bond donors (Lipinski definition) is 1. The van der Waals surface area contributed by atoms with Crippen molar-refractivity contribution in [3.05, 3.63) is 29.8 Å². The van der Waals surface area contributed by atoms with Crippen molar-refractivity contribution >= 4 is 5.69 Å². The zero-order chi connectivity index (χ0) is 10.7. The molecule has 0 bridgehead atoms. The summed E-state index contributed by atoms with van der Waals surface area (Å²) in [6.07, 6.45) is 2.80. The molecule has 0 unspecified atom stereocenters. The summed E-state index contributed by atoms with van der Waals surface area (Å²) in [7, 11) is 0. The smallest absolute Gasteiger partial charge is 0.0574 e. The Kier molecular flexibility index (Phi) is 3.27.